The Morgan fingerprint density at radius 1 is 1.15 bits per heavy atom. The molecule has 1 saturated heterocycles. The Hall–Kier alpha value is -3.04. The molecule has 2 aromatic carbocycles. The van der Waals surface area contributed by atoms with Gasteiger partial charge >= 0.3 is 0 Å². The van der Waals surface area contributed by atoms with Crippen molar-refractivity contribution in [3.8, 4) is 6.07 Å². The summed E-state index contributed by atoms with van der Waals surface area (Å²) in [5.74, 6) is 0.531. The molecule has 0 aliphatic carbocycles. The third-order valence-electron chi connectivity index (χ3n) is 5.04. The second-order valence-corrected chi connectivity index (χ2v) is 6.68. The molecule has 0 radical (unpaired) electrons. The molecule has 0 bridgehead atoms. The minimum absolute atomic E-state index is 0. The minimum atomic E-state index is -0.445. The summed E-state index contributed by atoms with van der Waals surface area (Å²) in [5, 5.41) is 12.4. The summed E-state index contributed by atoms with van der Waals surface area (Å²) in [6.07, 6.45) is 1.40. The molecule has 138 valence electrons. The lowest BCUT2D eigenvalue weighted by Crippen LogP contribution is -2.52. The lowest BCUT2D eigenvalue weighted by Gasteiger charge is -2.42. The maximum Gasteiger partial charge on any atom is 0.253 e. The standard InChI is InChI=1S/C20H19N5O.ClH/c21-13-14-5-7-15(8-6-14)19(26)25-11-9-20(10-12-25)23-17-4-2-1-3-16(17)18(22)24-20;/h1-8,23H,9-12H2,(H2,22,24);1H. The Bertz CT molecular complexity index is 924. The number of rotatable bonds is 1. The molecule has 4 rings (SSSR count). The molecule has 0 unspecified atom stereocenters. The van der Waals surface area contributed by atoms with Crippen molar-refractivity contribution in [1.82, 2.24) is 4.90 Å². The zero-order valence-corrected chi connectivity index (χ0v) is 15.5. The summed E-state index contributed by atoms with van der Waals surface area (Å²) in [7, 11) is 0. The highest BCUT2D eigenvalue weighted by molar-refractivity contribution is 6.04. The number of amides is 1. The largest absolute Gasteiger partial charge is 0.383 e. The number of hydrogen-bond donors (Lipinski definition) is 2. The minimum Gasteiger partial charge on any atom is -0.383 e. The summed E-state index contributed by atoms with van der Waals surface area (Å²) in [6, 6.07) is 16.7. The van der Waals surface area contributed by atoms with Gasteiger partial charge in [0.05, 0.1) is 11.6 Å². The van der Waals surface area contributed by atoms with Gasteiger partial charge in [-0.25, -0.2) is 4.99 Å². The van der Waals surface area contributed by atoms with Gasteiger partial charge in [0, 0.05) is 42.7 Å². The van der Waals surface area contributed by atoms with Crippen LogP contribution in [0.5, 0.6) is 0 Å². The molecule has 3 N–H and O–H groups in total. The number of anilines is 1. The van der Waals surface area contributed by atoms with Gasteiger partial charge in [0.1, 0.15) is 11.5 Å². The van der Waals surface area contributed by atoms with E-state index < -0.39 is 5.66 Å². The second-order valence-electron chi connectivity index (χ2n) is 6.68. The predicted octanol–water partition coefficient (Wildman–Crippen LogP) is 2.74. The highest BCUT2D eigenvalue weighted by atomic mass is 35.5. The average Bonchev–Trinajstić information content (AvgIpc) is 2.68. The summed E-state index contributed by atoms with van der Waals surface area (Å²) in [5.41, 5.74) is 8.79. The number of nitrogens with one attached hydrogen (secondary N) is 1. The Morgan fingerprint density at radius 2 is 1.81 bits per heavy atom. The van der Waals surface area contributed by atoms with Crippen molar-refractivity contribution < 1.29 is 4.79 Å². The summed E-state index contributed by atoms with van der Waals surface area (Å²) >= 11 is 0. The Labute approximate surface area is 164 Å². The monoisotopic (exact) mass is 381 g/mol. The summed E-state index contributed by atoms with van der Waals surface area (Å²) in [4.78, 5) is 19.2. The van der Waals surface area contributed by atoms with Gasteiger partial charge < -0.3 is 16.0 Å². The normalized spacial score (nSPS) is 17.0. The number of nitrogens with two attached hydrogens (primary N) is 1. The van der Waals surface area contributed by atoms with Crippen molar-refractivity contribution >= 4 is 29.8 Å². The first-order valence-corrected chi connectivity index (χ1v) is 8.63. The molecule has 1 fully saturated rings. The Morgan fingerprint density at radius 3 is 2.48 bits per heavy atom. The van der Waals surface area contributed by atoms with Crippen molar-refractivity contribution in [2.45, 2.75) is 18.5 Å². The van der Waals surface area contributed by atoms with Gasteiger partial charge in [0.15, 0.2) is 0 Å². The summed E-state index contributed by atoms with van der Waals surface area (Å²) in [6.45, 7) is 1.20. The molecule has 2 aliphatic heterocycles. The maximum atomic E-state index is 12.7. The number of para-hydroxylation sites is 1. The van der Waals surface area contributed by atoms with Gasteiger partial charge in [0.25, 0.3) is 5.91 Å². The Balaban J connectivity index is 0.00000210. The van der Waals surface area contributed by atoms with E-state index in [1.165, 1.54) is 0 Å². The molecule has 2 aromatic rings. The van der Waals surface area contributed by atoms with Crippen LogP contribution in [0.3, 0.4) is 0 Å². The van der Waals surface area contributed by atoms with Gasteiger partial charge in [-0.15, -0.1) is 12.4 Å². The van der Waals surface area contributed by atoms with E-state index in [0.717, 1.165) is 11.3 Å². The topological polar surface area (TPSA) is 94.5 Å². The van der Waals surface area contributed by atoms with E-state index in [2.05, 4.69) is 11.4 Å². The van der Waals surface area contributed by atoms with E-state index >= 15 is 0 Å². The van der Waals surface area contributed by atoms with Gasteiger partial charge in [-0.1, -0.05) is 12.1 Å². The van der Waals surface area contributed by atoms with Gasteiger partial charge in [-0.05, 0) is 36.4 Å². The predicted molar refractivity (Wildman–Crippen MR) is 107 cm³/mol. The van der Waals surface area contributed by atoms with Gasteiger partial charge in [0.2, 0.25) is 0 Å². The van der Waals surface area contributed by atoms with Crippen LogP contribution in [0.1, 0.15) is 34.3 Å². The first kappa shape index (κ1) is 18.7. The smallest absolute Gasteiger partial charge is 0.253 e. The van der Waals surface area contributed by atoms with Crippen molar-refractivity contribution in [3.05, 3.63) is 65.2 Å². The summed E-state index contributed by atoms with van der Waals surface area (Å²) < 4.78 is 0. The molecule has 7 heteroatoms. The number of nitrogens with zero attached hydrogens (tertiary/aromatic N) is 3. The number of likely N-dealkylation sites (tertiary alicyclic amines) is 1. The molecule has 2 heterocycles. The first-order chi connectivity index (χ1) is 12.6. The van der Waals surface area contributed by atoms with Crippen LogP contribution < -0.4 is 11.1 Å². The molecule has 2 aliphatic rings. The van der Waals surface area contributed by atoms with Crippen LogP contribution in [0.25, 0.3) is 0 Å². The zero-order chi connectivity index (χ0) is 18.1. The number of carbonyl (C=O) groups excluding carboxylic acids is 1. The van der Waals surface area contributed by atoms with E-state index in [9.17, 15) is 4.79 Å². The Kier molecular flexibility index (Phi) is 5.06. The number of hydrogen-bond acceptors (Lipinski definition) is 5. The number of piperidine rings is 1. The third kappa shape index (κ3) is 3.46. The average molecular weight is 382 g/mol. The van der Waals surface area contributed by atoms with Crippen LogP contribution in [0.15, 0.2) is 53.5 Å². The van der Waals surface area contributed by atoms with E-state index in [0.29, 0.717) is 42.9 Å². The van der Waals surface area contributed by atoms with Gasteiger partial charge in [-0.2, -0.15) is 5.26 Å². The molecular formula is C20H20ClN5O. The number of nitriles is 1. The molecule has 6 nitrogen and oxygen atoms in total. The number of benzene rings is 2. The fourth-order valence-corrected chi connectivity index (χ4v) is 3.57. The van der Waals surface area contributed by atoms with Crippen molar-refractivity contribution in [2.75, 3.05) is 18.4 Å². The lowest BCUT2D eigenvalue weighted by molar-refractivity contribution is 0.0685. The van der Waals surface area contributed by atoms with Crippen LogP contribution in [-0.4, -0.2) is 35.4 Å². The van der Waals surface area contributed by atoms with E-state index in [4.69, 9.17) is 16.0 Å². The number of amidine groups is 1. The molecule has 1 amide bonds. The van der Waals surface area contributed by atoms with E-state index in [-0.39, 0.29) is 18.3 Å². The molecular weight excluding hydrogens is 362 g/mol. The van der Waals surface area contributed by atoms with Crippen LogP contribution in [0.2, 0.25) is 0 Å². The molecule has 1 spiro atoms. The quantitative estimate of drug-likeness (QED) is 0.794. The van der Waals surface area contributed by atoms with Crippen molar-refractivity contribution in [3.63, 3.8) is 0 Å². The number of carbonyl (C=O) groups is 1. The van der Waals surface area contributed by atoms with E-state index in [1.807, 2.05) is 29.2 Å². The second kappa shape index (κ2) is 7.29. The molecule has 0 aromatic heterocycles. The van der Waals surface area contributed by atoms with Crippen LogP contribution in [0, 0.1) is 11.3 Å². The van der Waals surface area contributed by atoms with E-state index in [1.54, 1.807) is 24.3 Å². The number of halogens is 1. The third-order valence-corrected chi connectivity index (χ3v) is 5.04. The van der Waals surface area contributed by atoms with Gasteiger partial charge in [-0.3, -0.25) is 4.79 Å². The maximum absolute atomic E-state index is 12.7. The first-order valence-electron chi connectivity index (χ1n) is 8.63. The zero-order valence-electron chi connectivity index (χ0n) is 14.7. The SMILES string of the molecule is Cl.N#Cc1ccc(C(=O)N2CCC3(CC2)N=C(N)c2ccccc2N3)cc1. The molecule has 27 heavy (non-hydrogen) atoms. The fourth-order valence-electron chi connectivity index (χ4n) is 3.57. The van der Waals surface area contributed by atoms with Crippen molar-refractivity contribution in [1.29, 1.82) is 5.26 Å². The van der Waals surface area contributed by atoms with Crippen LogP contribution >= 0.6 is 12.4 Å². The van der Waals surface area contributed by atoms with Crippen LogP contribution in [0.4, 0.5) is 5.69 Å². The lowest BCUT2D eigenvalue weighted by atomic mass is 9.93. The number of aliphatic imine (C=N–C) groups is 1. The van der Waals surface area contributed by atoms with Crippen molar-refractivity contribution in [2.24, 2.45) is 10.7 Å². The fraction of sp³-hybridized carbons (Fsp3) is 0.250. The highest BCUT2D eigenvalue weighted by Gasteiger charge is 2.38. The molecule has 0 saturated carbocycles. The van der Waals surface area contributed by atoms with Crippen LogP contribution in [-0.2, 0) is 0 Å². The number of fused-ring (bicyclic) bond motifs is 1. The highest BCUT2D eigenvalue weighted by Crippen LogP contribution is 2.34. The molecule has 0 atom stereocenters.